The molecule has 4 aromatic rings. The van der Waals surface area contributed by atoms with Gasteiger partial charge in [-0.3, -0.25) is 9.69 Å². The van der Waals surface area contributed by atoms with Crippen molar-refractivity contribution in [2.75, 3.05) is 44.5 Å². The average molecular weight is 576 g/mol. The number of ether oxygens (including phenoxy) is 1. The van der Waals surface area contributed by atoms with Crippen LogP contribution in [0.5, 0.6) is 0 Å². The van der Waals surface area contributed by atoms with Crippen LogP contribution in [-0.4, -0.2) is 51.1 Å². The summed E-state index contributed by atoms with van der Waals surface area (Å²) in [5.74, 6) is -0.700. The predicted octanol–water partition coefficient (Wildman–Crippen LogP) is 6.91. The van der Waals surface area contributed by atoms with E-state index in [9.17, 15) is 22.8 Å². The molecular formula is C33H32F3N3O3. The predicted molar refractivity (Wildman–Crippen MR) is 158 cm³/mol. The standard InChI is InChI=1S/C33H32F3N3O3/c1-38(21-22-39(2)30(32(41)42-3)24-9-5-4-6-10-24)27-19-17-26(18-20-27)37-31(40)29-12-8-7-11-28(29)23-13-15-25(16-14-23)33(34,35)36/h4-20,30H,21-22H2,1-3H3,(H,37,40). The molecule has 218 valence electrons. The van der Waals surface area contributed by atoms with E-state index in [1.54, 1.807) is 36.4 Å². The van der Waals surface area contributed by atoms with Crippen LogP contribution in [0.4, 0.5) is 24.5 Å². The van der Waals surface area contributed by atoms with Crippen molar-refractivity contribution < 1.29 is 27.5 Å². The molecule has 9 heteroatoms. The van der Waals surface area contributed by atoms with Crippen LogP contribution in [0.1, 0.15) is 27.5 Å². The molecule has 1 amide bonds. The van der Waals surface area contributed by atoms with Crippen molar-refractivity contribution in [1.29, 1.82) is 0 Å². The summed E-state index contributed by atoms with van der Waals surface area (Å²) >= 11 is 0. The number of carbonyl (C=O) groups excluding carboxylic acids is 2. The number of nitrogens with one attached hydrogen (secondary N) is 1. The summed E-state index contributed by atoms with van der Waals surface area (Å²) in [5.41, 5.74) is 2.99. The van der Waals surface area contributed by atoms with Crippen molar-refractivity contribution in [3.05, 3.63) is 120 Å². The van der Waals surface area contributed by atoms with Crippen molar-refractivity contribution in [3.63, 3.8) is 0 Å². The summed E-state index contributed by atoms with van der Waals surface area (Å²) in [6.07, 6.45) is -4.43. The zero-order valence-electron chi connectivity index (χ0n) is 23.6. The van der Waals surface area contributed by atoms with Gasteiger partial charge in [0.2, 0.25) is 0 Å². The third kappa shape index (κ3) is 7.36. The molecule has 0 heterocycles. The SMILES string of the molecule is COC(=O)C(c1ccccc1)N(C)CCN(C)c1ccc(NC(=O)c2ccccc2-c2ccc(C(F)(F)F)cc2)cc1. The first kappa shape index (κ1) is 30.3. The van der Waals surface area contributed by atoms with E-state index in [-0.39, 0.29) is 11.9 Å². The van der Waals surface area contributed by atoms with Gasteiger partial charge in [0.1, 0.15) is 6.04 Å². The van der Waals surface area contributed by atoms with Gasteiger partial charge in [-0.25, -0.2) is 4.79 Å². The lowest BCUT2D eigenvalue weighted by atomic mass is 9.98. The van der Waals surface area contributed by atoms with E-state index in [2.05, 4.69) is 5.32 Å². The highest BCUT2D eigenvalue weighted by atomic mass is 19.4. The highest BCUT2D eigenvalue weighted by Gasteiger charge is 2.30. The van der Waals surface area contributed by atoms with E-state index < -0.39 is 17.8 Å². The molecule has 0 bridgehead atoms. The molecule has 1 N–H and O–H groups in total. The van der Waals surface area contributed by atoms with Crippen LogP contribution >= 0.6 is 0 Å². The molecule has 4 rings (SSSR count). The Labute approximate surface area is 243 Å². The van der Waals surface area contributed by atoms with E-state index >= 15 is 0 Å². The second kappa shape index (κ2) is 13.4. The van der Waals surface area contributed by atoms with Gasteiger partial charge in [-0.1, -0.05) is 60.7 Å². The van der Waals surface area contributed by atoms with E-state index in [4.69, 9.17) is 4.74 Å². The van der Waals surface area contributed by atoms with Crippen LogP contribution < -0.4 is 10.2 Å². The maximum Gasteiger partial charge on any atom is 0.416 e. The zero-order chi connectivity index (χ0) is 30.3. The molecule has 0 saturated carbocycles. The second-order valence-corrected chi connectivity index (χ2v) is 9.86. The average Bonchev–Trinajstić information content (AvgIpc) is 3.00. The number of rotatable bonds is 10. The molecule has 42 heavy (non-hydrogen) atoms. The number of amides is 1. The van der Waals surface area contributed by atoms with Crippen LogP contribution in [-0.2, 0) is 15.7 Å². The van der Waals surface area contributed by atoms with Crippen molar-refractivity contribution in [2.24, 2.45) is 0 Å². The molecule has 0 fully saturated rings. The molecule has 0 spiro atoms. The Bertz CT molecular complexity index is 1490. The topological polar surface area (TPSA) is 61.9 Å². The Hall–Kier alpha value is -4.63. The number of alkyl halides is 3. The minimum Gasteiger partial charge on any atom is -0.468 e. The molecule has 1 unspecified atom stereocenters. The Balaban J connectivity index is 1.40. The van der Waals surface area contributed by atoms with E-state index in [1.807, 2.05) is 66.4 Å². The highest BCUT2D eigenvalue weighted by molar-refractivity contribution is 6.08. The molecule has 6 nitrogen and oxygen atoms in total. The number of halogens is 3. The van der Waals surface area contributed by atoms with Crippen molar-refractivity contribution >= 4 is 23.3 Å². The van der Waals surface area contributed by atoms with Gasteiger partial charge >= 0.3 is 12.1 Å². The molecular weight excluding hydrogens is 543 g/mol. The lowest BCUT2D eigenvalue weighted by Gasteiger charge is -2.29. The van der Waals surface area contributed by atoms with Gasteiger partial charge in [-0.05, 0) is 66.2 Å². The van der Waals surface area contributed by atoms with Gasteiger partial charge in [-0.2, -0.15) is 13.2 Å². The smallest absolute Gasteiger partial charge is 0.416 e. The fourth-order valence-electron chi connectivity index (χ4n) is 4.65. The van der Waals surface area contributed by atoms with Crippen LogP contribution in [0.25, 0.3) is 11.1 Å². The number of hydrogen-bond donors (Lipinski definition) is 1. The lowest BCUT2D eigenvalue weighted by molar-refractivity contribution is -0.146. The summed E-state index contributed by atoms with van der Waals surface area (Å²) in [6.45, 7) is 1.22. The number of hydrogen-bond acceptors (Lipinski definition) is 5. The molecule has 0 aliphatic rings. The number of nitrogens with zero attached hydrogens (tertiary/aromatic N) is 2. The Morgan fingerprint density at radius 3 is 2.05 bits per heavy atom. The van der Waals surface area contributed by atoms with Crippen molar-refractivity contribution in [2.45, 2.75) is 12.2 Å². The molecule has 0 radical (unpaired) electrons. The summed E-state index contributed by atoms with van der Waals surface area (Å²) in [7, 11) is 5.20. The largest absolute Gasteiger partial charge is 0.468 e. The van der Waals surface area contributed by atoms with Crippen molar-refractivity contribution in [1.82, 2.24) is 4.90 Å². The molecule has 0 aliphatic carbocycles. The minimum absolute atomic E-state index is 0.327. The minimum atomic E-state index is -4.43. The highest BCUT2D eigenvalue weighted by Crippen LogP contribution is 2.32. The third-order valence-corrected chi connectivity index (χ3v) is 7.03. The van der Waals surface area contributed by atoms with Crippen LogP contribution in [0, 0.1) is 0 Å². The Morgan fingerprint density at radius 1 is 0.810 bits per heavy atom. The molecule has 0 aromatic heterocycles. The number of anilines is 2. The number of methoxy groups -OCH3 is 1. The molecule has 0 saturated heterocycles. The van der Waals surface area contributed by atoms with Gasteiger partial charge in [0.05, 0.1) is 12.7 Å². The fraction of sp³-hybridized carbons (Fsp3) is 0.212. The van der Waals surface area contributed by atoms with Gasteiger partial charge in [0.15, 0.2) is 0 Å². The first-order valence-corrected chi connectivity index (χ1v) is 13.3. The van der Waals surface area contributed by atoms with Gasteiger partial charge < -0.3 is 15.0 Å². The van der Waals surface area contributed by atoms with Crippen molar-refractivity contribution in [3.8, 4) is 11.1 Å². The van der Waals surface area contributed by atoms with E-state index in [1.165, 1.54) is 19.2 Å². The maximum absolute atomic E-state index is 13.1. The normalized spacial score (nSPS) is 12.1. The van der Waals surface area contributed by atoms with Crippen LogP contribution in [0.15, 0.2) is 103 Å². The summed E-state index contributed by atoms with van der Waals surface area (Å²) in [5, 5.41) is 2.88. The van der Waals surface area contributed by atoms with E-state index in [0.29, 0.717) is 35.5 Å². The summed E-state index contributed by atoms with van der Waals surface area (Å²) < 4.78 is 44.0. The second-order valence-electron chi connectivity index (χ2n) is 9.86. The fourth-order valence-corrected chi connectivity index (χ4v) is 4.65. The molecule has 1 atom stereocenters. The Kier molecular flexibility index (Phi) is 9.64. The first-order chi connectivity index (χ1) is 20.1. The monoisotopic (exact) mass is 575 g/mol. The first-order valence-electron chi connectivity index (χ1n) is 13.3. The summed E-state index contributed by atoms with van der Waals surface area (Å²) in [6, 6.07) is 27.8. The van der Waals surface area contributed by atoms with Crippen LogP contribution in [0.3, 0.4) is 0 Å². The third-order valence-electron chi connectivity index (χ3n) is 7.03. The molecule has 0 aliphatic heterocycles. The number of likely N-dealkylation sites (N-methyl/N-ethyl adjacent to an activating group) is 2. The van der Waals surface area contributed by atoms with Gasteiger partial charge in [-0.15, -0.1) is 0 Å². The quantitative estimate of drug-likeness (QED) is 0.208. The number of benzene rings is 4. The zero-order valence-corrected chi connectivity index (χ0v) is 23.6. The van der Waals surface area contributed by atoms with Gasteiger partial charge in [0, 0.05) is 37.1 Å². The number of carbonyl (C=O) groups is 2. The molecule has 4 aromatic carbocycles. The maximum atomic E-state index is 13.1. The lowest BCUT2D eigenvalue weighted by Crippen LogP contribution is -2.37. The summed E-state index contributed by atoms with van der Waals surface area (Å²) in [4.78, 5) is 29.6. The van der Waals surface area contributed by atoms with Crippen LogP contribution in [0.2, 0.25) is 0 Å². The van der Waals surface area contributed by atoms with Gasteiger partial charge in [0.25, 0.3) is 5.91 Å². The Morgan fingerprint density at radius 2 is 1.43 bits per heavy atom. The number of esters is 1. The van der Waals surface area contributed by atoms with E-state index in [0.717, 1.165) is 23.4 Å².